The van der Waals surface area contributed by atoms with Gasteiger partial charge < -0.3 is 9.32 Å². The van der Waals surface area contributed by atoms with E-state index >= 15 is 0 Å². The molecule has 1 fully saturated rings. The summed E-state index contributed by atoms with van der Waals surface area (Å²) in [7, 11) is 1.89. The Labute approximate surface area is 241 Å². The molecule has 0 aliphatic carbocycles. The minimum Gasteiger partial charge on any atom is -0.436 e. The number of benzene rings is 2. The van der Waals surface area contributed by atoms with Gasteiger partial charge in [0.15, 0.2) is 11.4 Å². The van der Waals surface area contributed by atoms with Gasteiger partial charge >= 0.3 is 0 Å². The molecule has 0 radical (unpaired) electrons. The van der Waals surface area contributed by atoms with Gasteiger partial charge in [0.1, 0.15) is 17.3 Å². The van der Waals surface area contributed by atoms with Crippen LogP contribution in [0.1, 0.15) is 40.8 Å². The summed E-state index contributed by atoms with van der Waals surface area (Å²) in [5.41, 5.74) is 5.44. The number of nitrogens with zero attached hydrogens (tertiary/aromatic N) is 9. The molecule has 11 heteroatoms. The highest BCUT2D eigenvalue weighted by atomic mass is 16.3. The molecular formula is C31H29N9O2. The molecule has 0 spiro atoms. The Kier molecular flexibility index (Phi) is 6.54. The highest BCUT2D eigenvalue weighted by Gasteiger charge is 2.32. The van der Waals surface area contributed by atoms with Crippen LogP contribution in [0.5, 0.6) is 0 Å². The number of oxazole rings is 1. The van der Waals surface area contributed by atoms with Crippen molar-refractivity contribution in [2.45, 2.75) is 25.8 Å². The van der Waals surface area contributed by atoms with Gasteiger partial charge in [-0.1, -0.05) is 30.3 Å². The lowest BCUT2D eigenvalue weighted by Gasteiger charge is -2.35. The Morgan fingerprint density at radius 2 is 1.81 bits per heavy atom. The van der Waals surface area contributed by atoms with Crippen molar-refractivity contribution in [3.63, 3.8) is 0 Å². The lowest BCUT2D eigenvalue weighted by molar-refractivity contribution is 0.0658. The topological polar surface area (TPSA) is 121 Å². The van der Waals surface area contributed by atoms with Gasteiger partial charge in [-0.15, -0.1) is 10.2 Å². The van der Waals surface area contributed by atoms with E-state index in [1.807, 2.05) is 73.6 Å². The second-order valence-electron chi connectivity index (χ2n) is 10.6. The average molecular weight is 560 g/mol. The van der Waals surface area contributed by atoms with Crippen molar-refractivity contribution in [1.82, 2.24) is 44.9 Å². The molecule has 0 unspecified atom stereocenters. The van der Waals surface area contributed by atoms with Gasteiger partial charge in [-0.3, -0.25) is 14.5 Å². The average Bonchev–Trinajstić information content (AvgIpc) is 3.77. The van der Waals surface area contributed by atoms with E-state index in [2.05, 4.69) is 37.6 Å². The number of carbonyl (C=O) groups is 1. The molecule has 42 heavy (non-hydrogen) atoms. The van der Waals surface area contributed by atoms with E-state index in [9.17, 15) is 4.79 Å². The SMILES string of the molecule is Cc1nnn([C@H](c2ccccc2)C2CCN(C(=O)c3cc(-c4nc5cc(-c6ccn(C)n6)ccc5o4)ccn3)CC2)n1. The molecule has 6 aromatic rings. The summed E-state index contributed by atoms with van der Waals surface area (Å²) in [5.74, 6) is 1.25. The Morgan fingerprint density at radius 3 is 2.55 bits per heavy atom. The van der Waals surface area contributed by atoms with Crippen LogP contribution in [-0.4, -0.2) is 63.9 Å². The maximum absolute atomic E-state index is 13.5. The van der Waals surface area contributed by atoms with Crippen LogP contribution in [0.2, 0.25) is 0 Å². The zero-order valence-electron chi connectivity index (χ0n) is 23.3. The van der Waals surface area contributed by atoms with Crippen LogP contribution in [0.25, 0.3) is 33.8 Å². The quantitative estimate of drug-likeness (QED) is 0.287. The molecule has 4 aromatic heterocycles. The van der Waals surface area contributed by atoms with Gasteiger partial charge in [-0.25, -0.2) is 4.98 Å². The van der Waals surface area contributed by atoms with E-state index < -0.39 is 0 Å². The number of aryl methyl sites for hydroxylation is 2. The summed E-state index contributed by atoms with van der Waals surface area (Å²) in [6, 6.07) is 21.6. The third-order valence-corrected chi connectivity index (χ3v) is 7.81. The second-order valence-corrected chi connectivity index (χ2v) is 10.6. The zero-order chi connectivity index (χ0) is 28.6. The number of hydrogen-bond donors (Lipinski definition) is 0. The predicted molar refractivity (Wildman–Crippen MR) is 155 cm³/mol. The van der Waals surface area contributed by atoms with Crippen LogP contribution in [0, 0.1) is 12.8 Å². The molecule has 5 heterocycles. The molecule has 1 aliphatic heterocycles. The number of aromatic nitrogens is 8. The van der Waals surface area contributed by atoms with Crippen LogP contribution < -0.4 is 0 Å². The van der Waals surface area contributed by atoms with Crippen LogP contribution in [0.3, 0.4) is 0 Å². The summed E-state index contributed by atoms with van der Waals surface area (Å²) in [6.45, 7) is 3.07. The number of fused-ring (bicyclic) bond motifs is 1. The molecule has 210 valence electrons. The zero-order valence-corrected chi connectivity index (χ0v) is 23.3. The maximum atomic E-state index is 13.5. The standard InChI is InChI=1S/C31H29N9O2/c1-20-34-37-40(35-20)29(21-6-4-3-5-7-21)22-11-16-39(17-12-22)31(41)27-19-24(10-14-32-27)30-33-26-18-23(8-9-28(26)42-30)25-13-15-38(2)36-25/h3-10,13-15,18-19,22,29H,11-12,16-17H2,1-2H3/t29-/m1/s1. The monoisotopic (exact) mass is 559 g/mol. The molecule has 1 amide bonds. The summed E-state index contributed by atoms with van der Waals surface area (Å²) in [5, 5.41) is 17.4. The molecule has 0 bridgehead atoms. The minimum atomic E-state index is -0.102. The molecular weight excluding hydrogens is 530 g/mol. The van der Waals surface area contributed by atoms with Crippen molar-refractivity contribution < 1.29 is 9.21 Å². The van der Waals surface area contributed by atoms with Gasteiger partial charge in [0.2, 0.25) is 5.89 Å². The van der Waals surface area contributed by atoms with Crippen molar-refractivity contribution in [3.8, 4) is 22.7 Å². The van der Waals surface area contributed by atoms with Crippen LogP contribution in [0.15, 0.2) is 83.5 Å². The van der Waals surface area contributed by atoms with Gasteiger partial charge in [0.05, 0.1) is 5.69 Å². The molecule has 0 N–H and O–H groups in total. The highest BCUT2D eigenvalue weighted by molar-refractivity contribution is 5.93. The second kappa shape index (κ2) is 10.7. The first-order chi connectivity index (χ1) is 20.5. The first kappa shape index (κ1) is 25.8. The Balaban J connectivity index is 1.08. The normalized spacial score (nSPS) is 14.9. The van der Waals surface area contributed by atoms with Crippen molar-refractivity contribution in [2.24, 2.45) is 13.0 Å². The van der Waals surface area contributed by atoms with Gasteiger partial charge in [0, 0.05) is 43.7 Å². The van der Waals surface area contributed by atoms with Crippen molar-refractivity contribution >= 4 is 17.0 Å². The van der Waals surface area contributed by atoms with Gasteiger partial charge in [-0.2, -0.15) is 9.90 Å². The molecule has 1 aliphatic rings. The third-order valence-electron chi connectivity index (χ3n) is 7.81. The number of pyridine rings is 1. The fraction of sp³-hybridized carbons (Fsp3) is 0.258. The summed E-state index contributed by atoms with van der Waals surface area (Å²) in [6.07, 6.45) is 5.17. The smallest absolute Gasteiger partial charge is 0.272 e. The fourth-order valence-corrected chi connectivity index (χ4v) is 5.70. The van der Waals surface area contributed by atoms with E-state index in [1.54, 1.807) is 21.7 Å². The van der Waals surface area contributed by atoms with E-state index in [-0.39, 0.29) is 17.9 Å². The number of piperidine rings is 1. The van der Waals surface area contributed by atoms with E-state index in [4.69, 9.17) is 9.40 Å². The van der Waals surface area contributed by atoms with Crippen molar-refractivity contribution in [2.75, 3.05) is 13.1 Å². The Hall–Kier alpha value is -5.19. The Bertz CT molecular complexity index is 1870. The number of tetrazole rings is 1. The largest absolute Gasteiger partial charge is 0.436 e. The predicted octanol–water partition coefficient (Wildman–Crippen LogP) is 4.73. The number of rotatable bonds is 6. The van der Waals surface area contributed by atoms with Crippen LogP contribution in [-0.2, 0) is 7.05 Å². The van der Waals surface area contributed by atoms with E-state index in [1.165, 1.54) is 0 Å². The maximum Gasteiger partial charge on any atom is 0.272 e. The number of amides is 1. The number of hydrogen-bond acceptors (Lipinski definition) is 8. The molecule has 11 nitrogen and oxygen atoms in total. The number of likely N-dealkylation sites (tertiary alicyclic amines) is 1. The summed E-state index contributed by atoms with van der Waals surface area (Å²) < 4.78 is 7.81. The lowest BCUT2D eigenvalue weighted by Crippen LogP contribution is -2.41. The molecule has 1 atom stereocenters. The molecule has 0 saturated carbocycles. The molecule has 7 rings (SSSR count). The van der Waals surface area contributed by atoms with Crippen LogP contribution in [0.4, 0.5) is 0 Å². The first-order valence-electron chi connectivity index (χ1n) is 14.0. The summed E-state index contributed by atoms with van der Waals surface area (Å²) in [4.78, 5) is 26.2. The van der Waals surface area contributed by atoms with E-state index in [0.717, 1.165) is 35.2 Å². The summed E-state index contributed by atoms with van der Waals surface area (Å²) >= 11 is 0. The Morgan fingerprint density at radius 1 is 0.976 bits per heavy atom. The molecule has 2 aromatic carbocycles. The highest BCUT2D eigenvalue weighted by Crippen LogP contribution is 2.34. The lowest BCUT2D eigenvalue weighted by atomic mass is 9.85. The van der Waals surface area contributed by atoms with Crippen LogP contribution >= 0.6 is 0 Å². The third kappa shape index (κ3) is 4.93. The molecule has 1 saturated heterocycles. The van der Waals surface area contributed by atoms with E-state index in [0.29, 0.717) is 41.6 Å². The first-order valence-corrected chi connectivity index (χ1v) is 14.0. The van der Waals surface area contributed by atoms with Gasteiger partial charge in [0.25, 0.3) is 5.91 Å². The minimum absolute atomic E-state index is 0.0385. The van der Waals surface area contributed by atoms with Crippen molar-refractivity contribution in [1.29, 1.82) is 0 Å². The van der Waals surface area contributed by atoms with Crippen molar-refractivity contribution in [3.05, 3.63) is 96.2 Å². The van der Waals surface area contributed by atoms with Gasteiger partial charge in [-0.05, 0) is 72.9 Å². The number of carbonyl (C=O) groups excluding carboxylic acids is 1. The fourth-order valence-electron chi connectivity index (χ4n) is 5.70.